The predicted molar refractivity (Wildman–Crippen MR) is 130 cm³/mol. The molecule has 3 unspecified atom stereocenters. The van der Waals surface area contributed by atoms with Crippen LogP contribution in [0.15, 0.2) is 36.7 Å². The van der Waals surface area contributed by atoms with Gasteiger partial charge in [0.1, 0.15) is 36.4 Å². The van der Waals surface area contributed by atoms with Crippen molar-refractivity contribution in [2.45, 2.75) is 25.6 Å². The number of hydrogen-bond donors (Lipinski definition) is 2. The van der Waals surface area contributed by atoms with Crippen LogP contribution in [-0.4, -0.2) is 64.8 Å². The summed E-state index contributed by atoms with van der Waals surface area (Å²) in [6, 6.07) is 7.47. The van der Waals surface area contributed by atoms with Crippen molar-refractivity contribution < 1.29 is 31.6 Å². The highest BCUT2D eigenvalue weighted by molar-refractivity contribution is 8.00. The van der Waals surface area contributed by atoms with Crippen LogP contribution in [0.1, 0.15) is 5.56 Å². The minimum Gasteiger partial charge on any atom is -0.483 e. The van der Waals surface area contributed by atoms with E-state index in [1.54, 1.807) is 12.1 Å². The van der Waals surface area contributed by atoms with E-state index in [0.717, 1.165) is 5.56 Å². The van der Waals surface area contributed by atoms with Gasteiger partial charge in [-0.05, 0) is 42.6 Å². The molecule has 0 amide bonds. The van der Waals surface area contributed by atoms with Crippen molar-refractivity contribution >= 4 is 43.7 Å². The van der Waals surface area contributed by atoms with E-state index < -0.39 is 40.8 Å². The Morgan fingerprint density at radius 3 is 2.74 bits per heavy atom. The highest BCUT2D eigenvalue weighted by Gasteiger charge is 2.32. The lowest BCUT2D eigenvalue weighted by Gasteiger charge is -2.22. The number of alkyl halides is 2. The van der Waals surface area contributed by atoms with E-state index in [-0.39, 0.29) is 19.0 Å². The summed E-state index contributed by atoms with van der Waals surface area (Å²) < 4.78 is 70.6. The van der Waals surface area contributed by atoms with Crippen molar-refractivity contribution in [3.8, 4) is 5.75 Å². The van der Waals surface area contributed by atoms with Gasteiger partial charge >= 0.3 is 0 Å². The maximum atomic E-state index is 14.1. The number of ether oxygens (including phenoxy) is 3. The van der Waals surface area contributed by atoms with Gasteiger partial charge in [0.15, 0.2) is 6.10 Å². The third-order valence-electron chi connectivity index (χ3n) is 5.16. The number of benzene rings is 2. The lowest BCUT2D eigenvalue weighted by atomic mass is 10.1. The Balaban J connectivity index is 1.63. The maximum Gasteiger partial charge on any atom is 0.261 e. The molecule has 0 aliphatic carbocycles. The summed E-state index contributed by atoms with van der Waals surface area (Å²) in [4.78, 5) is 8.64. The SMILES string of the molecule is C=S(C)(=O)Nc1cc(C)c2c(Nc3ccc(F)cc3OC3COCC3OCC(F)F)ncnc2c1. The number of aryl methyl sites for hydroxylation is 1. The summed E-state index contributed by atoms with van der Waals surface area (Å²) >= 11 is 0. The Kier molecular flexibility index (Phi) is 7.33. The van der Waals surface area contributed by atoms with Crippen LogP contribution in [0, 0.1) is 12.7 Å². The average molecular weight is 511 g/mol. The van der Waals surface area contributed by atoms with Gasteiger partial charge in [-0.2, -0.15) is 0 Å². The number of nitrogens with one attached hydrogen (secondary N) is 2. The molecule has 2 aromatic carbocycles. The van der Waals surface area contributed by atoms with Gasteiger partial charge in [-0.25, -0.2) is 27.3 Å². The molecule has 2 N–H and O–H groups in total. The fourth-order valence-corrected chi connectivity index (χ4v) is 4.38. The van der Waals surface area contributed by atoms with Crippen molar-refractivity contribution in [3.63, 3.8) is 0 Å². The van der Waals surface area contributed by atoms with Crippen LogP contribution >= 0.6 is 0 Å². The van der Waals surface area contributed by atoms with Crippen LogP contribution in [0.3, 0.4) is 0 Å². The number of aromatic nitrogens is 2. The molecule has 1 aliphatic rings. The standard InChI is InChI=1S/C23H25F3N4O4S/c1-13-6-15(30-35(2,3)31)8-17-22(13)23(28-12-27-17)29-16-5-4-14(24)7-18(16)34-20-10-32-9-19(20)33-11-21(25)26/h4-8,12,19-21H,2,9-11H2,1,3H3,(H,30,31)(H,27,28,29). The van der Waals surface area contributed by atoms with E-state index in [1.165, 1.54) is 30.8 Å². The first-order valence-electron chi connectivity index (χ1n) is 10.6. The van der Waals surface area contributed by atoms with Gasteiger partial charge in [-0.15, -0.1) is 0 Å². The smallest absolute Gasteiger partial charge is 0.261 e. The molecule has 1 aliphatic heterocycles. The second kappa shape index (κ2) is 10.3. The number of halogens is 3. The first-order chi connectivity index (χ1) is 16.6. The molecule has 12 heteroatoms. The number of rotatable bonds is 9. The second-order valence-electron chi connectivity index (χ2n) is 8.24. The first kappa shape index (κ1) is 25.0. The summed E-state index contributed by atoms with van der Waals surface area (Å²) in [5.74, 6) is 3.66. The maximum absolute atomic E-state index is 14.1. The van der Waals surface area contributed by atoms with Crippen LogP contribution < -0.4 is 14.8 Å². The topological polar surface area (TPSA) is 94.6 Å². The molecule has 0 radical (unpaired) electrons. The van der Waals surface area contributed by atoms with Gasteiger partial charge < -0.3 is 24.2 Å². The molecule has 0 saturated carbocycles. The molecule has 3 atom stereocenters. The third kappa shape index (κ3) is 6.32. The number of fused-ring (bicyclic) bond motifs is 1. The van der Waals surface area contributed by atoms with Crippen molar-refractivity contribution in [2.75, 3.05) is 36.1 Å². The third-order valence-corrected chi connectivity index (χ3v) is 5.83. The fraction of sp³-hybridized carbons (Fsp3) is 0.348. The zero-order valence-electron chi connectivity index (χ0n) is 19.1. The average Bonchev–Trinajstić information content (AvgIpc) is 3.19. The van der Waals surface area contributed by atoms with Gasteiger partial charge in [0.05, 0.1) is 24.4 Å². The van der Waals surface area contributed by atoms with Crippen LogP contribution in [0.5, 0.6) is 5.75 Å². The zero-order chi connectivity index (χ0) is 25.2. The van der Waals surface area contributed by atoms with Crippen molar-refractivity contribution in [1.29, 1.82) is 0 Å². The molecule has 8 nitrogen and oxygen atoms in total. The van der Waals surface area contributed by atoms with E-state index in [0.29, 0.717) is 28.1 Å². The second-order valence-corrected chi connectivity index (χ2v) is 10.5. The first-order valence-corrected chi connectivity index (χ1v) is 12.8. The van der Waals surface area contributed by atoms with Gasteiger partial charge in [-0.3, -0.25) is 0 Å². The molecule has 2 heterocycles. The van der Waals surface area contributed by atoms with E-state index >= 15 is 0 Å². The molecule has 0 bridgehead atoms. The number of anilines is 3. The molecular weight excluding hydrogens is 485 g/mol. The minimum absolute atomic E-state index is 0.0962. The quantitative estimate of drug-likeness (QED) is 0.422. The number of nitrogens with zero attached hydrogens (tertiary/aromatic N) is 2. The van der Waals surface area contributed by atoms with Crippen LogP contribution in [0.2, 0.25) is 0 Å². The van der Waals surface area contributed by atoms with Gasteiger partial charge in [0.2, 0.25) is 0 Å². The zero-order valence-corrected chi connectivity index (χ0v) is 19.9. The van der Waals surface area contributed by atoms with E-state index in [1.807, 2.05) is 6.92 Å². The highest BCUT2D eigenvalue weighted by Crippen LogP contribution is 2.34. The Labute approximate surface area is 201 Å². The van der Waals surface area contributed by atoms with Gasteiger partial charge in [-0.1, -0.05) is 0 Å². The molecule has 1 aromatic heterocycles. The molecule has 1 saturated heterocycles. The summed E-state index contributed by atoms with van der Waals surface area (Å²) in [6.07, 6.45) is -1.17. The summed E-state index contributed by atoms with van der Waals surface area (Å²) in [7, 11) is -2.48. The molecule has 0 spiro atoms. The molecule has 1 fully saturated rings. The Bertz CT molecular complexity index is 1320. The summed E-state index contributed by atoms with van der Waals surface area (Å²) in [5.41, 5.74) is 2.39. The molecule has 3 aromatic rings. The van der Waals surface area contributed by atoms with Gasteiger partial charge in [0, 0.05) is 33.1 Å². The Hall–Kier alpha value is -3.09. The molecule has 35 heavy (non-hydrogen) atoms. The predicted octanol–water partition coefficient (Wildman–Crippen LogP) is 3.92. The molecule has 188 valence electrons. The normalized spacial score (nSPS) is 19.6. The van der Waals surface area contributed by atoms with Crippen molar-refractivity contribution in [2.24, 2.45) is 0 Å². The van der Waals surface area contributed by atoms with Crippen LogP contribution in [0.25, 0.3) is 10.9 Å². The summed E-state index contributed by atoms with van der Waals surface area (Å²) in [6.45, 7) is 1.32. The monoisotopic (exact) mass is 510 g/mol. The Morgan fingerprint density at radius 2 is 2.00 bits per heavy atom. The van der Waals surface area contributed by atoms with Crippen LogP contribution in [0.4, 0.5) is 30.4 Å². The largest absolute Gasteiger partial charge is 0.483 e. The van der Waals surface area contributed by atoms with E-state index in [4.69, 9.17) is 14.2 Å². The van der Waals surface area contributed by atoms with Crippen LogP contribution in [-0.2, 0) is 19.2 Å². The minimum atomic E-state index is -2.62. The van der Waals surface area contributed by atoms with Crippen molar-refractivity contribution in [3.05, 3.63) is 48.0 Å². The Morgan fingerprint density at radius 1 is 1.23 bits per heavy atom. The van der Waals surface area contributed by atoms with E-state index in [9.17, 15) is 17.4 Å². The molecular formula is C23H25F3N4O4S. The fourth-order valence-electron chi connectivity index (χ4n) is 3.76. The highest BCUT2D eigenvalue weighted by atomic mass is 32.2. The summed E-state index contributed by atoms with van der Waals surface area (Å²) in [5, 5.41) is 3.85. The number of hydrogen-bond acceptors (Lipinski definition) is 7. The van der Waals surface area contributed by atoms with Crippen molar-refractivity contribution in [1.82, 2.24) is 9.97 Å². The van der Waals surface area contributed by atoms with Gasteiger partial charge in [0.25, 0.3) is 6.43 Å². The lowest BCUT2D eigenvalue weighted by Crippen LogP contribution is -2.34. The molecule has 4 rings (SSSR count). The van der Waals surface area contributed by atoms with E-state index in [2.05, 4.69) is 25.9 Å². The lowest BCUT2D eigenvalue weighted by molar-refractivity contribution is -0.0509.